The van der Waals surface area contributed by atoms with Crippen LogP contribution in [0.4, 0.5) is 0 Å². The predicted octanol–water partition coefficient (Wildman–Crippen LogP) is 1.70. The number of likely N-dealkylation sites (N-methyl/N-ethyl adjacent to an activating group) is 1. The topological polar surface area (TPSA) is 58.6 Å². The minimum absolute atomic E-state index is 0.00287. The van der Waals surface area contributed by atoms with Crippen LogP contribution in [0.5, 0.6) is 5.75 Å². The van der Waals surface area contributed by atoms with E-state index in [1.54, 1.807) is 31.3 Å². The third-order valence-corrected chi connectivity index (χ3v) is 2.76. The maximum absolute atomic E-state index is 11.8. The lowest BCUT2D eigenvalue weighted by Crippen LogP contribution is -2.42. The molecule has 1 aromatic carbocycles. The first-order valence-corrected chi connectivity index (χ1v) is 6.68. The summed E-state index contributed by atoms with van der Waals surface area (Å²) in [6.45, 7) is 3.57. The molecule has 0 unspecified atom stereocenters. The molecule has 1 aromatic rings. The Kier molecular flexibility index (Phi) is 6.31. The highest BCUT2D eigenvalue weighted by Crippen LogP contribution is 2.22. The summed E-state index contributed by atoms with van der Waals surface area (Å²) in [5, 5.41) is 3.16. The van der Waals surface area contributed by atoms with Gasteiger partial charge in [-0.25, -0.2) is 0 Å². The molecule has 20 heavy (non-hydrogen) atoms. The Labute approximate surface area is 123 Å². The third-order valence-electron chi connectivity index (χ3n) is 2.44. The zero-order valence-corrected chi connectivity index (χ0v) is 12.6. The van der Waals surface area contributed by atoms with Gasteiger partial charge in [0.15, 0.2) is 6.61 Å². The predicted molar refractivity (Wildman–Crippen MR) is 77.9 cm³/mol. The fourth-order valence-corrected chi connectivity index (χ4v) is 1.67. The summed E-state index contributed by atoms with van der Waals surface area (Å²) in [5.74, 6) is -0.0417. The molecule has 2 amide bonds. The van der Waals surface area contributed by atoms with Gasteiger partial charge in [-0.2, -0.15) is 0 Å². The first-order chi connectivity index (χ1) is 9.40. The van der Waals surface area contributed by atoms with Crippen molar-refractivity contribution in [1.82, 2.24) is 10.2 Å². The number of nitrogens with zero attached hydrogens (tertiary/aromatic N) is 1. The molecule has 110 valence electrons. The molecule has 0 radical (unpaired) electrons. The molecule has 6 heteroatoms. The monoisotopic (exact) mass is 298 g/mol. The van der Waals surface area contributed by atoms with Gasteiger partial charge in [-0.05, 0) is 26.0 Å². The number of hydrogen-bond donors (Lipinski definition) is 1. The summed E-state index contributed by atoms with van der Waals surface area (Å²) in [4.78, 5) is 24.7. The summed E-state index contributed by atoms with van der Waals surface area (Å²) in [6, 6.07) is 6.96. The van der Waals surface area contributed by atoms with E-state index in [0.29, 0.717) is 10.8 Å². The number of ether oxygens (including phenoxy) is 1. The van der Waals surface area contributed by atoms with Crippen molar-refractivity contribution in [2.45, 2.75) is 19.9 Å². The average Bonchev–Trinajstić information content (AvgIpc) is 2.36. The van der Waals surface area contributed by atoms with Crippen LogP contribution < -0.4 is 10.1 Å². The van der Waals surface area contributed by atoms with E-state index >= 15 is 0 Å². The number of benzene rings is 1. The van der Waals surface area contributed by atoms with Gasteiger partial charge in [0.25, 0.3) is 5.91 Å². The zero-order chi connectivity index (χ0) is 15.1. The molecular weight excluding hydrogens is 280 g/mol. The van der Waals surface area contributed by atoms with Gasteiger partial charge in [0, 0.05) is 13.1 Å². The molecule has 1 N–H and O–H groups in total. The number of carbonyl (C=O) groups is 2. The Morgan fingerprint density at radius 2 is 2.00 bits per heavy atom. The number of halogens is 1. The maximum Gasteiger partial charge on any atom is 0.260 e. The Morgan fingerprint density at radius 1 is 1.35 bits per heavy atom. The van der Waals surface area contributed by atoms with Crippen LogP contribution in [0.3, 0.4) is 0 Å². The van der Waals surface area contributed by atoms with Crippen molar-refractivity contribution in [3.05, 3.63) is 29.3 Å². The van der Waals surface area contributed by atoms with Crippen LogP contribution in [0.25, 0.3) is 0 Å². The minimum Gasteiger partial charge on any atom is -0.482 e. The molecule has 0 spiro atoms. The second-order valence-electron chi connectivity index (χ2n) is 4.69. The van der Waals surface area contributed by atoms with Gasteiger partial charge in [-0.1, -0.05) is 23.7 Å². The Bertz CT molecular complexity index is 477. The van der Waals surface area contributed by atoms with Crippen molar-refractivity contribution in [3.63, 3.8) is 0 Å². The average molecular weight is 299 g/mol. The van der Waals surface area contributed by atoms with Crippen LogP contribution in [-0.2, 0) is 9.59 Å². The number of nitrogens with one attached hydrogen (secondary N) is 1. The van der Waals surface area contributed by atoms with E-state index < -0.39 is 0 Å². The molecule has 0 heterocycles. The molecule has 0 aliphatic heterocycles. The smallest absolute Gasteiger partial charge is 0.260 e. The first kappa shape index (κ1) is 16.3. The van der Waals surface area contributed by atoms with E-state index in [0.717, 1.165) is 0 Å². The van der Waals surface area contributed by atoms with Crippen molar-refractivity contribution < 1.29 is 14.3 Å². The highest BCUT2D eigenvalue weighted by Gasteiger charge is 2.14. The van der Waals surface area contributed by atoms with Gasteiger partial charge < -0.3 is 15.0 Å². The van der Waals surface area contributed by atoms with Crippen molar-refractivity contribution in [2.24, 2.45) is 0 Å². The van der Waals surface area contributed by atoms with Crippen LogP contribution >= 0.6 is 11.6 Å². The lowest BCUT2D eigenvalue weighted by atomic mass is 10.3. The Balaban J connectivity index is 2.42. The summed E-state index contributed by atoms with van der Waals surface area (Å²) < 4.78 is 5.33. The molecular formula is C14H19ClN2O3. The second kappa shape index (κ2) is 7.75. The van der Waals surface area contributed by atoms with Gasteiger partial charge in [0.2, 0.25) is 5.91 Å². The first-order valence-electron chi connectivity index (χ1n) is 6.30. The van der Waals surface area contributed by atoms with Crippen molar-refractivity contribution in [2.75, 3.05) is 20.2 Å². The zero-order valence-electron chi connectivity index (χ0n) is 11.9. The van der Waals surface area contributed by atoms with E-state index in [4.69, 9.17) is 16.3 Å². The van der Waals surface area contributed by atoms with Crippen molar-refractivity contribution in [3.8, 4) is 5.75 Å². The summed E-state index contributed by atoms with van der Waals surface area (Å²) >= 11 is 5.91. The molecule has 5 nitrogen and oxygen atoms in total. The minimum atomic E-state index is -0.288. The fraction of sp³-hybridized carbons (Fsp3) is 0.429. The van der Waals surface area contributed by atoms with Gasteiger partial charge in [-0.3, -0.25) is 9.59 Å². The van der Waals surface area contributed by atoms with Crippen LogP contribution in [0.1, 0.15) is 13.8 Å². The molecule has 1 rings (SSSR count). The van der Waals surface area contributed by atoms with E-state index in [9.17, 15) is 9.59 Å². The number of hydrogen-bond acceptors (Lipinski definition) is 3. The molecule has 0 aliphatic rings. The number of rotatable bonds is 6. The third kappa shape index (κ3) is 5.48. The van der Waals surface area contributed by atoms with Gasteiger partial charge in [-0.15, -0.1) is 0 Å². The number of carbonyl (C=O) groups excluding carboxylic acids is 2. The van der Waals surface area contributed by atoms with Crippen molar-refractivity contribution >= 4 is 23.4 Å². The van der Waals surface area contributed by atoms with Crippen LogP contribution in [0.2, 0.25) is 5.02 Å². The second-order valence-corrected chi connectivity index (χ2v) is 5.10. The molecule has 0 aromatic heterocycles. The fourth-order valence-electron chi connectivity index (χ4n) is 1.48. The lowest BCUT2D eigenvalue weighted by Gasteiger charge is -2.18. The quantitative estimate of drug-likeness (QED) is 0.869. The number of amides is 2. The van der Waals surface area contributed by atoms with Crippen molar-refractivity contribution in [1.29, 1.82) is 0 Å². The SMILES string of the molecule is CC(C)NC(=O)CN(C)C(=O)COc1ccccc1Cl. The van der Waals surface area contributed by atoms with E-state index in [-0.39, 0.29) is 31.0 Å². The Hall–Kier alpha value is -1.75. The summed E-state index contributed by atoms with van der Waals surface area (Å²) in [5.41, 5.74) is 0. The Morgan fingerprint density at radius 3 is 2.60 bits per heavy atom. The largest absolute Gasteiger partial charge is 0.482 e. The summed E-state index contributed by atoms with van der Waals surface area (Å²) in [7, 11) is 1.55. The highest BCUT2D eigenvalue weighted by atomic mass is 35.5. The van der Waals surface area contributed by atoms with E-state index in [1.807, 2.05) is 13.8 Å². The molecule has 0 atom stereocenters. The van der Waals surface area contributed by atoms with Crippen LogP contribution in [0, 0.1) is 0 Å². The molecule has 0 fully saturated rings. The van der Waals surface area contributed by atoms with Crippen LogP contribution in [-0.4, -0.2) is 43.0 Å². The van der Waals surface area contributed by atoms with E-state index in [1.165, 1.54) is 4.90 Å². The van der Waals surface area contributed by atoms with Gasteiger partial charge >= 0.3 is 0 Å². The maximum atomic E-state index is 11.8. The normalized spacial score (nSPS) is 10.2. The van der Waals surface area contributed by atoms with Gasteiger partial charge in [0.05, 0.1) is 11.6 Å². The molecule has 0 saturated carbocycles. The molecule has 0 aliphatic carbocycles. The van der Waals surface area contributed by atoms with Crippen LogP contribution in [0.15, 0.2) is 24.3 Å². The lowest BCUT2D eigenvalue weighted by molar-refractivity contribution is -0.136. The standard InChI is InChI=1S/C14H19ClN2O3/c1-10(2)16-13(18)8-17(3)14(19)9-20-12-7-5-4-6-11(12)15/h4-7,10H,8-9H2,1-3H3,(H,16,18). The molecule has 0 saturated heterocycles. The van der Waals surface area contributed by atoms with Gasteiger partial charge in [0.1, 0.15) is 5.75 Å². The summed E-state index contributed by atoms with van der Waals surface area (Å²) in [6.07, 6.45) is 0. The molecule has 0 bridgehead atoms. The van der Waals surface area contributed by atoms with E-state index in [2.05, 4.69) is 5.32 Å². The number of para-hydroxylation sites is 1. The highest BCUT2D eigenvalue weighted by molar-refractivity contribution is 6.32.